The second kappa shape index (κ2) is 9.63. The largest absolute Gasteiger partial charge is 0.341 e. The van der Waals surface area contributed by atoms with Gasteiger partial charge in [-0.1, -0.05) is 50.7 Å². The number of thioether (sulfide) groups is 1. The van der Waals surface area contributed by atoms with Crippen molar-refractivity contribution in [1.82, 2.24) is 14.8 Å². The van der Waals surface area contributed by atoms with Crippen LogP contribution in [0.1, 0.15) is 77.3 Å². The zero-order valence-corrected chi connectivity index (χ0v) is 20.0. The molecule has 0 radical (unpaired) electrons. The molecule has 31 heavy (non-hydrogen) atoms. The van der Waals surface area contributed by atoms with E-state index in [0.717, 1.165) is 42.2 Å². The lowest BCUT2D eigenvalue weighted by molar-refractivity contribution is -0.115. The highest BCUT2D eigenvalue weighted by molar-refractivity contribution is 8.00. The van der Waals surface area contributed by atoms with Crippen LogP contribution in [-0.4, -0.2) is 39.0 Å². The van der Waals surface area contributed by atoms with Gasteiger partial charge >= 0.3 is 0 Å². The van der Waals surface area contributed by atoms with E-state index in [1.807, 2.05) is 25.1 Å². The van der Waals surface area contributed by atoms with Crippen LogP contribution in [0.4, 0.5) is 11.6 Å². The molecule has 2 aromatic rings. The topological polar surface area (TPSA) is 63.1 Å². The number of benzene rings is 1. The van der Waals surface area contributed by atoms with Crippen LogP contribution in [0.15, 0.2) is 29.4 Å². The van der Waals surface area contributed by atoms with Gasteiger partial charge in [-0.3, -0.25) is 9.36 Å². The predicted octanol–water partition coefficient (Wildman–Crippen LogP) is 5.48. The third-order valence-corrected chi connectivity index (χ3v) is 7.70. The fourth-order valence-electron chi connectivity index (χ4n) is 4.13. The molecule has 6 nitrogen and oxygen atoms in total. The van der Waals surface area contributed by atoms with Gasteiger partial charge in [0.25, 0.3) is 0 Å². The molecule has 1 aliphatic carbocycles. The molecular formula is C24H35N5OS. The summed E-state index contributed by atoms with van der Waals surface area (Å²) in [6.07, 6.45) is 5.79. The molecule has 168 valence electrons. The van der Waals surface area contributed by atoms with E-state index in [9.17, 15) is 4.79 Å². The van der Waals surface area contributed by atoms with Crippen LogP contribution in [-0.2, 0) is 4.79 Å². The molecule has 1 aromatic heterocycles. The van der Waals surface area contributed by atoms with Crippen molar-refractivity contribution in [2.45, 2.75) is 82.2 Å². The summed E-state index contributed by atoms with van der Waals surface area (Å²) in [6, 6.07) is 8.61. The Bertz CT molecular complexity index is 901. The number of hydrogen-bond donors (Lipinski definition) is 1. The van der Waals surface area contributed by atoms with Crippen molar-refractivity contribution < 1.29 is 4.79 Å². The zero-order valence-electron chi connectivity index (χ0n) is 19.2. The molecular weight excluding hydrogens is 406 g/mol. The normalized spacial score (nSPS) is 19.3. The van der Waals surface area contributed by atoms with E-state index in [1.165, 1.54) is 43.0 Å². The number of piperidine rings is 1. The number of hydrogen-bond acceptors (Lipinski definition) is 5. The molecule has 7 heteroatoms. The maximum absolute atomic E-state index is 13.0. The molecule has 1 saturated heterocycles. The van der Waals surface area contributed by atoms with E-state index >= 15 is 0 Å². The molecule has 1 N–H and O–H groups in total. The number of nitrogens with zero attached hydrogens (tertiary/aromatic N) is 4. The number of rotatable bonds is 8. The van der Waals surface area contributed by atoms with Crippen LogP contribution in [0, 0.1) is 5.92 Å². The van der Waals surface area contributed by atoms with Crippen LogP contribution in [0.3, 0.4) is 0 Å². The van der Waals surface area contributed by atoms with E-state index in [0.29, 0.717) is 12.0 Å². The molecule has 1 amide bonds. The van der Waals surface area contributed by atoms with Crippen LogP contribution in [0.2, 0.25) is 0 Å². The maximum atomic E-state index is 13.0. The second-order valence-corrected chi connectivity index (χ2v) is 10.5. The fourth-order valence-corrected chi connectivity index (χ4v) is 5.05. The summed E-state index contributed by atoms with van der Waals surface area (Å²) >= 11 is 1.52. The van der Waals surface area contributed by atoms with Crippen molar-refractivity contribution >= 4 is 29.3 Å². The van der Waals surface area contributed by atoms with Gasteiger partial charge in [0, 0.05) is 24.8 Å². The first-order valence-corrected chi connectivity index (χ1v) is 12.6. The summed E-state index contributed by atoms with van der Waals surface area (Å²) in [4.78, 5) is 15.4. The lowest BCUT2D eigenvalue weighted by atomic mass is 9.97. The van der Waals surface area contributed by atoms with Crippen molar-refractivity contribution in [3.8, 4) is 0 Å². The molecule has 1 aromatic carbocycles. The van der Waals surface area contributed by atoms with Gasteiger partial charge in [0.05, 0.1) is 5.25 Å². The van der Waals surface area contributed by atoms with E-state index in [4.69, 9.17) is 0 Å². The van der Waals surface area contributed by atoms with E-state index < -0.39 is 0 Å². The number of aromatic nitrogens is 3. The minimum Gasteiger partial charge on any atom is -0.341 e. The molecule has 0 bridgehead atoms. The van der Waals surface area contributed by atoms with E-state index in [2.05, 4.69) is 51.8 Å². The van der Waals surface area contributed by atoms with Crippen LogP contribution in [0.25, 0.3) is 0 Å². The summed E-state index contributed by atoms with van der Waals surface area (Å²) in [5.41, 5.74) is 2.11. The first-order chi connectivity index (χ1) is 15.0. The van der Waals surface area contributed by atoms with Crippen molar-refractivity contribution in [2.75, 3.05) is 23.3 Å². The quantitative estimate of drug-likeness (QED) is 0.550. The van der Waals surface area contributed by atoms with E-state index in [-0.39, 0.29) is 11.2 Å². The number of para-hydroxylation sites is 1. The summed E-state index contributed by atoms with van der Waals surface area (Å²) in [6.45, 7) is 10.7. The van der Waals surface area contributed by atoms with Crippen molar-refractivity contribution in [3.05, 3.63) is 29.8 Å². The molecule has 2 fully saturated rings. The summed E-state index contributed by atoms with van der Waals surface area (Å²) in [7, 11) is 0. The Labute approximate surface area is 190 Å². The minimum absolute atomic E-state index is 0.0134. The van der Waals surface area contributed by atoms with Crippen molar-refractivity contribution in [2.24, 2.45) is 5.92 Å². The fraction of sp³-hybridized carbons (Fsp3) is 0.625. The average molecular weight is 442 g/mol. The Morgan fingerprint density at radius 1 is 1.16 bits per heavy atom. The number of anilines is 2. The number of carbonyl (C=O) groups is 1. The van der Waals surface area contributed by atoms with Gasteiger partial charge < -0.3 is 10.2 Å². The van der Waals surface area contributed by atoms with Crippen molar-refractivity contribution in [1.29, 1.82) is 0 Å². The predicted molar refractivity (Wildman–Crippen MR) is 128 cm³/mol. The van der Waals surface area contributed by atoms with Crippen LogP contribution < -0.4 is 10.2 Å². The van der Waals surface area contributed by atoms with Gasteiger partial charge in [-0.05, 0) is 62.5 Å². The molecule has 4 rings (SSSR count). The summed E-state index contributed by atoms with van der Waals surface area (Å²) in [5.74, 6) is 2.20. The first-order valence-electron chi connectivity index (χ1n) is 11.7. The van der Waals surface area contributed by atoms with Gasteiger partial charge in [-0.25, -0.2) is 0 Å². The van der Waals surface area contributed by atoms with Gasteiger partial charge in [0.15, 0.2) is 5.16 Å². The highest BCUT2D eigenvalue weighted by Gasteiger charge is 2.33. The standard InChI is InChI=1S/C24H35N5OS/c1-5-17(3)20-8-6-7-9-21(20)25-22(30)18(4)31-24-27-26-23(29(24)19-10-11-19)28-14-12-16(2)13-15-28/h6-9,16-19H,5,10-15H2,1-4H3,(H,25,30). The van der Waals surface area contributed by atoms with Gasteiger partial charge in [-0.2, -0.15) is 0 Å². The van der Waals surface area contributed by atoms with Crippen LogP contribution in [0.5, 0.6) is 0 Å². The lowest BCUT2D eigenvalue weighted by Gasteiger charge is -2.31. The molecule has 1 saturated carbocycles. The Morgan fingerprint density at radius 3 is 2.55 bits per heavy atom. The number of amides is 1. The third kappa shape index (κ3) is 5.08. The van der Waals surface area contributed by atoms with E-state index in [1.54, 1.807) is 0 Å². The highest BCUT2D eigenvalue weighted by atomic mass is 32.2. The van der Waals surface area contributed by atoms with Crippen molar-refractivity contribution in [3.63, 3.8) is 0 Å². The molecule has 0 spiro atoms. The average Bonchev–Trinajstić information content (AvgIpc) is 3.54. The summed E-state index contributed by atoms with van der Waals surface area (Å²) < 4.78 is 2.29. The smallest absolute Gasteiger partial charge is 0.237 e. The van der Waals surface area contributed by atoms with Gasteiger partial charge in [-0.15, -0.1) is 10.2 Å². The number of carbonyl (C=O) groups excluding carboxylic acids is 1. The maximum Gasteiger partial charge on any atom is 0.237 e. The molecule has 2 heterocycles. The zero-order chi connectivity index (χ0) is 22.0. The summed E-state index contributed by atoms with van der Waals surface area (Å²) in [5, 5.41) is 12.8. The lowest BCUT2D eigenvalue weighted by Crippen LogP contribution is -2.34. The molecule has 1 aliphatic heterocycles. The Kier molecular flexibility index (Phi) is 6.89. The monoisotopic (exact) mass is 441 g/mol. The molecule has 2 unspecified atom stereocenters. The SMILES string of the molecule is CCC(C)c1ccccc1NC(=O)C(C)Sc1nnc(N2CCC(C)CC2)n1C1CC1. The van der Waals surface area contributed by atoms with Gasteiger partial charge in [0.2, 0.25) is 11.9 Å². The Morgan fingerprint density at radius 2 is 1.87 bits per heavy atom. The molecule has 2 aliphatic rings. The second-order valence-electron chi connectivity index (χ2n) is 9.20. The highest BCUT2D eigenvalue weighted by Crippen LogP contribution is 2.42. The first kappa shape index (κ1) is 22.2. The van der Waals surface area contributed by atoms with Crippen LogP contribution >= 0.6 is 11.8 Å². The minimum atomic E-state index is -0.249. The third-order valence-electron chi connectivity index (χ3n) is 6.64. The molecule has 2 atom stereocenters. The van der Waals surface area contributed by atoms with Gasteiger partial charge in [0.1, 0.15) is 0 Å². The Hall–Kier alpha value is -2.02. The Balaban J connectivity index is 1.46. The number of nitrogens with one attached hydrogen (secondary N) is 1.